The molecule has 2 saturated heterocycles. The van der Waals surface area contributed by atoms with Gasteiger partial charge in [-0.25, -0.2) is 29.5 Å². The van der Waals surface area contributed by atoms with Crippen LogP contribution in [-0.4, -0.2) is 126 Å². The molecule has 6 aromatic heterocycles. The third-order valence-electron chi connectivity index (χ3n) is 17.1. The zero-order valence-corrected chi connectivity index (χ0v) is 56.6. The van der Waals surface area contributed by atoms with Gasteiger partial charge < -0.3 is 38.2 Å². The van der Waals surface area contributed by atoms with Gasteiger partial charge in [0.1, 0.15) is 33.0 Å². The van der Waals surface area contributed by atoms with E-state index >= 15 is 0 Å². The minimum Gasteiger partial charge on any atom is -0.464 e. The van der Waals surface area contributed by atoms with E-state index in [0.29, 0.717) is 47.0 Å². The predicted octanol–water partition coefficient (Wildman–Crippen LogP) is 13.7. The van der Waals surface area contributed by atoms with Crippen LogP contribution in [0.5, 0.6) is 0 Å². The molecule has 0 saturated carbocycles. The molecule has 14 rings (SSSR count). The Bertz CT molecular complexity index is 3940. The number of fused-ring (bicyclic) bond motifs is 11. The van der Waals surface area contributed by atoms with E-state index in [1.165, 1.54) is 32.0 Å². The maximum Gasteiger partial charge on any atom is 0.340 e. The number of hydrogen-bond acceptors (Lipinski definition) is 18. The van der Waals surface area contributed by atoms with Crippen molar-refractivity contribution >= 4 is 57.5 Å². The van der Waals surface area contributed by atoms with Gasteiger partial charge in [-0.15, -0.1) is 22.7 Å². The minimum absolute atomic E-state index is 0.253. The van der Waals surface area contributed by atoms with E-state index in [0.717, 1.165) is 117 Å². The van der Waals surface area contributed by atoms with Crippen molar-refractivity contribution in [3.63, 3.8) is 0 Å². The number of esters is 2. The summed E-state index contributed by atoms with van der Waals surface area (Å²) in [7, 11) is 0. The van der Waals surface area contributed by atoms with E-state index in [9.17, 15) is 9.59 Å². The number of carbonyl (C=O) groups excluding carboxylic acids is 2. The lowest BCUT2D eigenvalue weighted by atomic mass is 9.92. The first-order valence-corrected chi connectivity index (χ1v) is 33.8. The molecule has 2 aromatic carbocycles. The number of ether oxygens (including phenoxy) is 6. The number of thiazole rings is 2. The molecule has 0 amide bonds. The second kappa shape index (κ2) is 27.6. The zero-order chi connectivity index (χ0) is 64.2. The third kappa shape index (κ3) is 15.3. The summed E-state index contributed by atoms with van der Waals surface area (Å²) in [5.74, 6) is 0.742. The van der Waals surface area contributed by atoms with Crippen molar-refractivity contribution in [1.29, 1.82) is 0 Å². The molecule has 91 heavy (non-hydrogen) atoms. The molecule has 12 bridgehead atoms. The Morgan fingerprint density at radius 2 is 1.01 bits per heavy atom. The first kappa shape index (κ1) is 65.3. The standard InChI is InChI=1S/C36H45N5O4S.C35H43N5O4S/c1-7-43-34(42)31(45-35(3,4)5)30-24(2)38-29-22-28-32-37-23-27(46-32)21-26-15-11-10-14-25(26)13-9-8-12-20-44-36(6)16-18-40(19-17-36)33(30)41(29)39-28;1-7-42-33(41)30(44-34(3,4)5)29-23(2)37-28-21-27-31-36-22-26(45-31)20-25-14-9-8-12-24(25)13-10-11-19-43-35(6)15-17-39(18-16-35)32(29)40(28)38-27/h8,10-12,14-15,22-23,31H,7,9,13,16-21H2,1-6H3;8-12,14,21-22,30H,7,13,15-20H2,1-6H3/b12-8-;11-10+/t31-;30-/m00/s1. The molecule has 6 aliphatic rings. The zero-order valence-electron chi connectivity index (χ0n) is 55.0. The molecule has 8 aromatic rings. The molecule has 6 aliphatic heterocycles. The number of aryl methyl sites for hydroxylation is 3. The van der Waals surface area contributed by atoms with Crippen molar-refractivity contribution < 1.29 is 38.0 Å². The number of nitrogens with zero attached hydrogens (tertiary/aromatic N) is 10. The number of hydrogen-bond donors (Lipinski definition) is 0. The SMILES string of the molecule is CCOC(=O)[C@@H](OC(C)(C)C)c1c(C)nc2cc3nn2c1N1CCC(C)(CC1)OC/C=C/Cc1ccccc1Cc1cnc-3s1.CCOC(=O)[C@@H](OC(C)(C)C)c1c(C)nc2cc3nn2c1N1CCC(C)(CC1)OC/C=C\CCc1ccccc1Cc1cnc-3s1. The summed E-state index contributed by atoms with van der Waals surface area (Å²) in [6.07, 6.45) is 18.4. The van der Waals surface area contributed by atoms with Gasteiger partial charge in [-0.2, -0.15) is 19.2 Å². The molecule has 0 aliphatic carbocycles. The van der Waals surface area contributed by atoms with Crippen molar-refractivity contribution in [2.45, 2.75) is 175 Å². The number of allylic oxidation sites excluding steroid dienone is 2. The number of rotatable bonds is 8. The first-order valence-electron chi connectivity index (χ1n) is 32.2. The van der Waals surface area contributed by atoms with Crippen LogP contribution >= 0.6 is 22.7 Å². The number of carbonyl (C=O) groups is 2. The van der Waals surface area contributed by atoms with Crippen LogP contribution in [0.25, 0.3) is 32.7 Å². The summed E-state index contributed by atoms with van der Waals surface area (Å²) in [6.45, 7) is 28.1. The molecule has 482 valence electrons. The molecule has 18 nitrogen and oxygen atoms in total. The molecule has 0 N–H and O–H groups in total. The monoisotopic (exact) mass is 1270 g/mol. The van der Waals surface area contributed by atoms with Gasteiger partial charge in [-0.1, -0.05) is 72.8 Å². The van der Waals surface area contributed by atoms with Gasteiger partial charge >= 0.3 is 11.9 Å². The molecular weight excluding hydrogens is 1180 g/mol. The van der Waals surface area contributed by atoms with Crippen molar-refractivity contribution in [2.75, 3.05) is 62.4 Å². The molecule has 2 atom stereocenters. The Morgan fingerprint density at radius 1 is 0.593 bits per heavy atom. The normalized spacial score (nSPS) is 18.3. The van der Waals surface area contributed by atoms with Gasteiger partial charge in [-0.05, 0) is 150 Å². The van der Waals surface area contributed by atoms with Gasteiger partial charge in [0, 0.05) is 84.7 Å². The lowest BCUT2D eigenvalue weighted by Gasteiger charge is -2.41. The summed E-state index contributed by atoms with van der Waals surface area (Å²) in [6, 6.07) is 21.2. The lowest BCUT2D eigenvalue weighted by Crippen LogP contribution is -2.45. The van der Waals surface area contributed by atoms with Gasteiger partial charge in [-0.3, -0.25) is 0 Å². The van der Waals surface area contributed by atoms with Gasteiger partial charge in [0.05, 0.1) is 60.0 Å². The summed E-state index contributed by atoms with van der Waals surface area (Å²) >= 11 is 3.31. The van der Waals surface area contributed by atoms with Gasteiger partial charge in [0.15, 0.2) is 23.5 Å². The van der Waals surface area contributed by atoms with Crippen molar-refractivity contribution in [2.24, 2.45) is 0 Å². The topological polar surface area (TPSA) is 182 Å². The summed E-state index contributed by atoms with van der Waals surface area (Å²) in [5.41, 5.74) is 9.22. The lowest BCUT2D eigenvalue weighted by molar-refractivity contribution is -0.167. The van der Waals surface area contributed by atoms with Crippen LogP contribution in [0.15, 0.2) is 97.4 Å². The van der Waals surface area contributed by atoms with E-state index in [1.807, 2.05) is 103 Å². The maximum atomic E-state index is 13.5. The molecule has 0 spiro atoms. The molecule has 0 unspecified atom stereocenters. The van der Waals surface area contributed by atoms with Gasteiger partial charge in [0.25, 0.3) is 0 Å². The Hall–Kier alpha value is -7.20. The fourth-order valence-electron chi connectivity index (χ4n) is 12.4. The number of piperidine rings is 2. The second-order valence-corrected chi connectivity index (χ2v) is 28.8. The number of anilines is 2. The largest absolute Gasteiger partial charge is 0.464 e. The first-order chi connectivity index (χ1) is 43.6. The van der Waals surface area contributed by atoms with Gasteiger partial charge in [0.2, 0.25) is 0 Å². The van der Waals surface area contributed by atoms with Crippen LogP contribution in [0.4, 0.5) is 11.6 Å². The summed E-state index contributed by atoms with van der Waals surface area (Å²) in [5, 5.41) is 11.9. The maximum absolute atomic E-state index is 13.5. The minimum atomic E-state index is -0.966. The average molecular weight is 1270 g/mol. The third-order valence-corrected chi connectivity index (χ3v) is 19.2. The Morgan fingerprint density at radius 3 is 1.45 bits per heavy atom. The van der Waals surface area contributed by atoms with E-state index in [4.69, 9.17) is 58.6 Å². The Labute approximate surface area is 543 Å². The van der Waals surface area contributed by atoms with Crippen molar-refractivity contribution in [3.8, 4) is 21.4 Å². The highest BCUT2D eigenvalue weighted by molar-refractivity contribution is 7.15. The average Bonchev–Trinajstić information content (AvgIpc) is 1.72. The molecule has 12 heterocycles. The van der Waals surface area contributed by atoms with Crippen LogP contribution in [-0.2, 0) is 63.7 Å². The van der Waals surface area contributed by atoms with E-state index in [1.54, 1.807) is 22.7 Å². The molecular formula is C71H88N10O8S2. The summed E-state index contributed by atoms with van der Waals surface area (Å²) in [4.78, 5) is 53.6. The highest BCUT2D eigenvalue weighted by atomic mass is 32.1. The van der Waals surface area contributed by atoms with Crippen LogP contribution in [0, 0.1) is 13.8 Å². The number of aromatic nitrogens is 8. The molecule has 2 fully saturated rings. The fraction of sp³-hybridized carbons (Fsp3) is 0.493. The fourth-order valence-corrected chi connectivity index (χ4v) is 14.2. The van der Waals surface area contributed by atoms with E-state index < -0.39 is 35.3 Å². The van der Waals surface area contributed by atoms with Crippen LogP contribution in [0.3, 0.4) is 0 Å². The van der Waals surface area contributed by atoms with E-state index in [2.05, 4.69) is 96.5 Å². The van der Waals surface area contributed by atoms with Crippen molar-refractivity contribution in [3.05, 3.63) is 152 Å². The van der Waals surface area contributed by atoms with Crippen LogP contribution in [0.1, 0.15) is 168 Å². The molecule has 0 radical (unpaired) electrons. The number of benzene rings is 2. The highest BCUT2D eigenvalue weighted by Gasteiger charge is 2.41. The van der Waals surface area contributed by atoms with E-state index in [-0.39, 0.29) is 24.4 Å². The van der Waals surface area contributed by atoms with Crippen LogP contribution < -0.4 is 9.80 Å². The van der Waals surface area contributed by atoms with Crippen molar-refractivity contribution in [1.82, 2.24) is 39.2 Å². The van der Waals surface area contributed by atoms with Crippen LogP contribution in [0.2, 0.25) is 0 Å². The predicted molar refractivity (Wildman–Crippen MR) is 358 cm³/mol. The highest BCUT2D eigenvalue weighted by Crippen LogP contribution is 2.42. The smallest absolute Gasteiger partial charge is 0.340 e. The quantitative estimate of drug-likeness (QED) is 0.103. The Kier molecular flexibility index (Phi) is 19.8. The molecule has 20 heteroatoms. The summed E-state index contributed by atoms with van der Waals surface area (Å²) < 4.78 is 40.7. The second-order valence-electron chi connectivity index (χ2n) is 26.5. The Balaban J connectivity index is 0.000000187.